The lowest BCUT2D eigenvalue weighted by Crippen LogP contribution is -2.03. The molecule has 0 radical (unpaired) electrons. The molecule has 5 rings (SSSR count). The molecule has 2 heterocycles. The summed E-state index contributed by atoms with van der Waals surface area (Å²) in [5.41, 5.74) is 4.23. The first-order chi connectivity index (χ1) is 12.4. The summed E-state index contributed by atoms with van der Waals surface area (Å²) in [6.07, 6.45) is 4.36. The fourth-order valence-electron chi connectivity index (χ4n) is 3.60. The van der Waals surface area contributed by atoms with Crippen molar-refractivity contribution in [2.75, 3.05) is 6.61 Å². The maximum atomic E-state index is 5.83. The van der Waals surface area contributed by atoms with Gasteiger partial charge >= 0.3 is 6.01 Å². The molecule has 0 spiro atoms. The fraction of sp³-hybridized carbons (Fsp3) is 0.238. The van der Waals surface area contributed by atoms with E-state index in [4.69, 9.17) is 4.74 Å². The van der Waals surface area contributed by atoms with E-state index in [1.54, 1.807) is 6.20 Å². The molecule has 0 bridgehead atoms. The molecule has 1 fully saturated rings. The van der Waals surface area contributed by atoms with E-state index in [0.717, 1.165) is 11.2 Å². The Kier molecular flexibility index (Phi) is 3.23. The first-order valence-electron chi connectivity index (χ1n) is 8.85. The Balaban J connectivity index is 1.83. The summed E-state index contributed by atoms with van der Waals surface area (Å²) >= 11 is 0. The van der Waals surface area contributed by atoms with Gasteiger partial charge in [0.05, 0.1) is 17.8 Å². The van der Waals surface area contributed by atoms with Crippen molar-refractivity contribution in [2.24, 2.45) is 0 Å². The number of rotatable bonds is 4. The maximum Gasteiger partial charge on any atom is 0.303 e. The Bertz CT molecular complexity index is 1080. The van der Waals surface area contributed by atoms with Crippen LogP contribution in [0.5, 0.6) is 6.01 Å². The lowest BCUT2D eigenvalue weighted by Gasteiger charge is -2.14. The second kappa shape index (κ2) is 5.59. The van der Waals surface area contributed by atoms with E-state index >= 15 is 0 Å². The third-order valence-corrected chi connectivity index (χ3v) is 4.87. The van der Waals surface area contributed by atoms with Crippen LogP contribution in [0.25, 0.3) is 27.6 Å². The Morgan fingerprint density at radius 1 is 1.04 bits per heavy atom. The van der Waals surface area contributed by atoms with Crippen LogP contribution in [0.4, 0.5) is 0 Å². The van der Waals surface area contributed by atoms with Gasteiger partial charge in [-0.05, 0) is 54.8 Å². The normalized spacial score (nSPS) is 14.3. The predicted molar refractivity (Wildman–Crippen MR) is 99.5 cm³/mol. The van der Waals surface area contributed by atoms with Gasteiger partial charge in [0.15, 0.2) is 5.65 Å². The van der Waals surface area contributed by atoms with E-state index < -0.39 is 0 Å². The van der Waals surface area contributed by atoms with Crippen molar-refractivity contribution in [3.63, 3.8) is 0 Å². The number of ether oxygens (including phenoxy) is 1. The Morgan fingerprint density at radius 3 is 2.68 bits per heavy atom. The van der Waals surface area contributed by atoms with Gasteiger partial charge in [0.25, 0.3) is 0 Å². The van der Waals surface area contributed by atoms with Gasteiger partial charge in [0.2, 0.25) is 0 Å². The molecule has 0 amide bonds. The zero-order valence-corrected chi connectivity index (χ0v) is 14.1. The zero-order valence-electron chi connectivity index (χ0n) is 14.1. The number of hydrogen-bond acceptors (Lipinski definition) is 3. The molecule has 1 aliphatic carbocycles. The summed E-state index contributed by atoms with van der Waals surface area (Å²) in [6, 6.07) is 17.7. The van der Waals surface area contributed by atoms with Crippen molar-refractivity contribution in [3.05, 3.63) is 60.3 Å². The Morgan fingerprint density at radius 2 is 1.88 bits per heavy atom. The highest BCUT2D eigenvalue weighted by atomic mass is 16.5. The maximum absolute atomic E-state index is 5.83. The number of aromatic nitrogens is 3. The van der Waals surface area contributed by atoms with Gasteiger partial charge in [-0.15, -0.1) is 0 Å². The molecule has 124 valence electrons. The fourth-order valence-corrected chi connectivity index (χ4v) is 3.60. The van der Waals surface area contributed by atoms with Crippen LogP contribution in [0.3, 0.4) is 0 Å². The molecular formula is C21H19N3O. The highest BCUT2D eigenvalue weighted by Crippen LogP contribution is 2.44. The largest absolute Gasteiger partial charge is 0.465 e. The number of hydrogen-bond donors (Lipinski definition) is 0. The van der Waals surface area contributed by atoms with Crippen LogP contribution in [-0.2, 0) is 0 Å². The smallest absolute Gasteiger partial charge is 0.303 e. The van der Waals surface area contributed by atoms with Crippen LogP contribution >= 0.6 is 0 Å². The molecule has 0 aliphatic heterocycles. The molecule has 4 aromatic rings. The summed E-state index contributed by atoms with van der Waals surface area (Å²) in [4.78, 5) is 8.98. The van der Waals surface area contributed by atoms with Crippen LogP contribution in [0.15, 0.2) is 54.7 Å². The van der Waals surface area contributed by atoms with Gasteiger partial charge in [-0.3, -0.25) is 4.57 Å². The van der Waals surface area contributed by atoms with Crippen LogP contribution in [0.1, 0.15) is 31.2 Å². The van der Waals surface area contributed by atoms with Gasteiger partial charge < -0.3 is 4.74 Å². The van der Waals surface area contributed by atoms with Gasteiger partial charge in [0, 0.05) is 11.6 Å². The van der Waals surface area contributed by atoms with Crippen molar-refractivity contribution in [1.29, 1.82) is 0 Å². The summed E-state index contributed by atoms with van der Waals surface area (Å²) in [6.45, 7) is 2.55. The predicted octanol–water partition coefficient (Wildman–Crippen LogP) is 4.85. The number of nitrogens with zero attached hydrogens (tertiary/aromatic N) is 3. The molecular weight excluding hydrogens is 310 g/mol. The van der Waals surface area contributed by atoms with E-state index in [-0.39, 0.29) is 0 Å². The first-order valence-corrected chi connectivity index (χ1v) is 8.85. The summed E-state index contributed by atoms with van der Waals surface area (Å²) in [7, 11) is 0. The second-order valence-corrected chi connectivity index (χ2v) is 6.50. The lowest BCUT2D eigenvalue weighted by molar-refractivity contribution is 0.309. The molecule has 1 aliphatic rings. The van der Waals surface area contributed by atoms with Crippen LogP contribution in [0, 0.1) is 0 Å². The third kappa shape index (κ3) is 2.29. The third-order valence-electron chi connectivity index (χ3n) is 4.87. The highest BCUT2D eigenvalue weighted by molar-refractivity contribution is 5.95. The topological polar surface area (TPSA) is 39.9 Å². The molecule has 0 saturated heterocycles. The molecule has 1 saturated carbocycles. The molecule has 0 atom stereocenters. The number of fused-ring (bicyclic) bond motifs is 2. The van der Waals surface area contributed by atoms with Gasteiger partial charge in [0.1, 0.15) is 0 Å². The van der Waals surface area contributed by atoms with E-state index in [0.29, 0.717) is 24.2 Å². The lowest BCUT2D eigenvalue weighted by atomic mass is 9.99. The Hall–Kier alpha value is -2.88. The summed E-state index contributed by atoms with van der Waals surface area (Å²) in [5, 5.41) is 2.56. The quantitative estimate of drug-likeness (QED) is 0.537. The molecule has 4 heteroatoms. The van der Waals surface area contributed by atoms with E-state index in [2.05, 4.69) is 50.9 Å². The molecule has 0 N–H and O–H groups in total. The van der Waals surface area contributed by atoms with E-state index in [1.165, 1.54) is 29.2 Å². The average Bonchev–Trinajstić information content (AvgIpc) is 3.43. The van der Waals surface area contributed by atoms with Crippen molar-refractivity contribution >= 4 is 21.9 Å². The minimum absolute atomic E-state index is 0.571. The van der Waals surface area contributed by atoms with Crippen molar-refractivity contribution in [3.8, 4) is 11.7 Å². The van der Waals surface area contributed by atoms with E-state index in [9.17, 15) is 0 Å². The monoisotopic (exact) mass is 329 g/mol. The van der Waals surface area contributed by atoms with E-state index in [1.807, 2.05) is 19.1 Å². The first kappa shape index (κ1) is 14.5. The summed E-state index contributed by atoms with van der Waals surface area (Å²) in [5.74, 6) is 0.714. The molecule has 2 aromatic heterocycles. The molecule has 0 unspecified atom stereocenters. The SMILES string of the molecule is CCOc1nc2ncccc2n1-c1ccc(C2CC2)c2ccccc12. The average molecular weight is 329 g/mol. The Labute approximate surface area is 146 Å². The number of pyridine rings is 1. The van der Waals surface area contributed by atoms with Gasteiger partial charge in [-0.1, -0.05) is 30.3 Å². The minimum atomic E-state index is 0.571. The molecule has 4 nitrogen and oxygen atoms in total. The van der Waals surface area contributed by atoms with Crippen LogP contribution in [-0.4, -0.2) is 21.1 Å². The second-order valence-electron chi connectivity index (χ2n) is 6.50. The van der Waals surface area contributed by atoms with Crippen LogP contribution in [0.2, 0.25) is 0 Å². The van der Waals surface area contributed by atoms with Crippen molar-refractivity contribution < 1.29 is 4.74 Å². The van der Waals surface area contributed by atoms with Gasteiger partial charge in [-0.25, -0.2) is 4.98 Å². The zero-order chi connectivity index (χ0) is 16.8. The standard InChI is InChI=1S/C21H19N3O/c1-2-25-21-23-20-19(8-5-13-22-20)24(21)18-12-11-15(14-9-10-14)16-6-3-4-7-17(16)18/h3-8,11-14H,2,9-10H2,1H3. The number of imidazole rings is 1. The van der Waals surface area contributed by atoms with Crippen molar-refractivity contribution in [1.82, 2.24) is 14.5 Å². The van der Waals surface area contributed by atoms with Crippen LogP contribution < -0.4 is 4.74 Å². The highest BCUT2D eigenvalue weighted by Gasteiger charge is 2.26. The summed E-state index contributed by atoms with van der Waals surface area (Å²) < 4.78 is 7.92. The van der Waals surface area contributed by atoms with Crippen molar-refractivity contribution in [2.45, 2.75) is 25.7 Å². The minimum Gasteiger partial charge on any atom is -0.465 e. The molecule has 25 heavy (non-hydrogen) atoms. The number of benzene rings is 2. The molecule has 2 aromatic carbocycles. The van der Waals surface area contributed by atoms with Gasteiger partial charge in [-0.2, -0.15) is 4.98 Å².